The number of nitrogens with one attached hydrogen (secondary N) is 2. The Balaban J connectivity index is 1.29. The smallest absolute Gasteiger partial charge is 0.408 e. The van der Waals surface area contributed by atoms with Crippen LogP contribution in [0, 0.1) is 5.41 Å². The number of aliphatic carboxylic acids is 1. The maximum absolute atomic E-state index is 14.0. The number of ether oxygens (including phenoxy) is 3. The molecule has 3 saturated heterocycles. The number of carbonyl (C=O) groups is 3. The van der Waals surface area contributed by atoms with Gasteiger partial charge in [0.15, 0.2) is 0 Å². The minimum atomic E-state index is -1.04. The van der Waals surface area contributed by atoms with Crippen LogP contribution in [0.2, 0.25) is 0 Å². The van der Waals surface area contributed by atoms with Crippen LogP contribution in [0.5, 0.6) is 0 Å². The Morgan fingerprint density at radius 1 is 1.03 bits per heavy atom. The predicted molar refractivity (Wildman–Crippen MR) is 247 cm³/mol. The van der Waals surface area contributed by atoms with Gasteiger partial charge in [-0.25, -0.2) is 10.2 Å². The lowest BCUT2D eigenvalue weighted by atomic mass is 9.84. The molecule has 7 rings (SSSR count). The molecule has 3 aliphatic rings. The third-order valence-electron chi connectivity index (χ3n) is 12.7. The Morgan fingerprint density at radius 2 is 1.81 bits per heavy atom. The van der Waals surface area contributed by atoms with Crippen LogP contribution in [-0.2, 0) is 43.2 Å². The second kappa shape index (κ2) is 19.6. The predicted octanol–water partition coefficient (Wildman–Crippen LogP) is 6.20. The summed E-state index contributed by atoms with van der Waals surface area (Å²) in [6.07, 6.45) is 2.60. The highest BCUT2D eigenvalue weighted by Gasteiger charge is 2.35. The molecule has 0 aliphatic carbocycles. The van der Waals surface area contributed by atoms with Gasteiger partial charge in [-0.1, -0.05) is 44.2 Å². The fourth-order valence-electron chi connectivity index (χ4n) is 9.27. The summed E-state index contributed by atoms with van der Waals surface area (Å²) >= 11 is 0. The highest BCUT2D eigenvalue weighted by atomic mass is 16.6. The van der Waals surface area contributed by atoms with E-state index in [1.54, 1.807) is 27.9 Å². The molecular weight excluding hydrogens is 815 g/mol. The molecule has 346 valence electrons. The van der Waals surface area contributed by atoms with Crippen molar-refractivity contribution in [3.8, 4) is 22.4 Å². The summed E-state index contributed by atoms with van der Waals surface area (Å²) in [5, 5.41) is 25.5. The minimum Gasteiger partial charge on any atom is -0.480 e. The second-order valence-corrected chi connectivity index (χ2v) is 19.3. The van der Waals surface area contributed by atoms with E-state index < -0.39 is 41.1 Å². The number of hydrazine groups is 1. The van der Waals surface area contributed by atoms with Crippen molar-refractivity contribution in [1.82, 2.24) is 30.2 Å². The van der Waals surface area contributed by atoms with Crippen LogP contribution in [0.25, 0.3) is 33.3 Å². The Hall–Kier alpha value is -5.06. The van der Waals surface area contributed by atoms with Gasteiger partial charge in [0.25, 0.3) is 5.91 Å². The molecule has 3 unspecified atom stereocenters. The first-order chi connectivity index (χ1) is 30.5. The molecule has 0 saturated carbocycles. The van der Waals surface area contributed by atoms with E-state index >= 15 is 0 Å². The van der Waals surface area contributed by atoms with Gasteiger partial charge in [-0.05, 0) is 99.7 Å². The Bertz CT molecular complexity index is 2320. The number of amides is 2. The van der Waals surface area contributed by atoms with Gasteiger partial charge in [-0.3, -0.25) is 24.5 Å². The highest BCUT2D eigenvalue weighted by molar-refractivity contribution is 5.96. The summed E-state index contributed by atoms with van der Waals surface area (Å²) in [4.78, 5) is 49.1. The maximum Gasteiger partial charge on any atom is 0.408 e. The molecule has 0 spiro atoms. The van der Waals surface area contributed by atoms with E-state index in [-0.39, 0.29) is 19.1 Å². The number of rotatable bonds is 14. The monoisotopic (exact) mass is 882 g/mol. The van der Waals surface area contributed by atoms with Crippen molar-refractivity contribution >= 4 is 34.6 Å². The molecule has 2 aromatic heterocycles. The Morgan fingerprint density at radius 3 is 2.53 bits per heavy atom. The number of pyridine rings is 1. The number of anilines is 1. The van der Waals surface area contributed by atoms with Crippen LogP contribution in [0.1, 0.15) is 84.2 Å². The molecule has 3 fully saturated rings. The Kier molecular flexibility index (Phi) is 14.4. The number of aryl methyl sites for hydroxylation is 1. The average molecular weight is 882 g/mol. The van der Waals surface area contributed by atoms with Crippen LogP contribution in [0.3, 0.4) is 0 Å². The molecule has 4 N–H and O–H groups in total. The molecule has 4 aromatic rings. The number of alkyl carbamates (subject to hydrolysis) is 1. The number of methoxy groups -OCH3 is 1. The summed E-state index contributed by atoms with van der Waals surface area (Å²) in [7, 11) is 1.71. The van der Waals surface area contributed by atoms with Gasteiger partial charge >= 0.3 is 12.1 Å². The number of carboxylic acid groups (broad SMARTS) is 1. The van der Waals surface area contributed by atoms with Gasteiger partial charge in [0.05, 0.1) is 48.6 Å². The number of nitrogens with zero attached hydrogens (tertiary/aromatic N) is 5. The number of hydrogen-bond acceptors (Lipinski definition) is 11. The minimum absolute atomic E-state index is 0.00145. The quantitative estimate of drug-likeness (QED) is 0.113. The van der Waals surface area contributed by atoms with Gasteiger partial charge in [0.2, 0.25) is 0 Å². The van der Waals surface area contributed by atoms with E-state index in [0.717, 1.165) is 95.2 Å². The van der Waals surface area contributed by atoms with Crippen molar-refractivity contribution in [2.45, 2.75) is 111 Å². The van der Waals surface area contributed by atoms with Crippen molar-refractivity contribution in [3.05, 3.63) is 71.5 Å². The van der Waals surface area contributed by atoms with E-state index in [1.165, 1.54) is 5.01 Å². The summed E-state index contributed by atoms with van der Waals surface area (Å²) in [6, 6.07) is 15.1. The lowest BCUT2D eigenvalue weighted by molar-refractivity contribution is -0.147. The van der Waals surface area contributed by atoms with Gasteiger partial charge in [0.1, 0.15) is 17.7 Å². The Labute approximate surface area is 377 Å². The van der Waals surface area contributed by atoms with E-state index in [4.69, 9.17) is 19.2 Å². The number of hydrogen-bond donors (Lipinski definition) is 4. The lowest BCUT2D eigenvalue weighted by Crippen LogP contribution is -2.60. The van der Waals surface area contributed by atoms with Crippen LogP contribution in [0.4, 0.5) is 10.5 Å². The number of aliphatic hydroxyl groups is 1. The highest BCUT2D eigenvalue weighted by Crippen LogP contribution is 2.43. The molecule has 3 aliphatic heterocycles. The number of piperazine rings is 1. The second-order valence-electron chi connectivity index (χ2n) is 19.3. The topological polar surface area (TPSA) is 171 Å². The molecule has 15 nitrogen and oxygen atoms in total. The van der Waals surface area contributed by atoms with Gasteiger partial charge in [-0.2, -0.15) is 0 Å². The molecular formula is C49H67N7O8. The molecule has 0 bridgehead atoms. The molecule has 64 heavy (non-hydrogen) atoms. The molecule has 2 amide bonds. The molecule has 5 heterocycles. The first-order valence-corrected chi connectivity index (χ1v) is 22.7. The van der Waals surface area contributed by atoms with Crippen LogP contribution >= 0.6 is 0 Å². The lowest BCUT2D eigenvalue weighted by Gasteiger charge is -2.44. The molecule has 4 atom stereocenters. The molecule has 0 radical (unpaired) electrons. The third-order valence-corrected chi connectivity index (χ3v) is 12.7. The summed E-state index contributed by atoms with van der Waals surface area (Å²) in [5.41, 5.74) is 10.4. The van der Waals surface area contributed by atoms with Crippen LogP contribution in [-0.4, -0.2) is 131 Å². The first kappa shape index (κ1) is 46.9. The van der Waals surface area contributed by atoms with Crippen LogP contribution in [0.15, 0.2) is 54.7 Å². The molecule has 15 heteroatoms. The van der Waals surface area contributed by atoms with E-state index in [9.17, 15) is 24.6 Å². The van der Waals surface area contributed by atoms with E-state index in [0.29, 0.717) is 38.4 Å². The fourth-order valence-corrected chi connectivity index (χ4v) is 9.27. The summed E-state index contributed by atoms with van der Waals surface area (Å²) < 4.78 is 19.7. The number of fused-ring (bicyclic) bond motifs is 2. The zero-order valence-corrected chi connectivity index (χ0v) is 38.8. The number of benzene rings is 2. The van der Waals surface area contributed by atoms with Crippen molar-refractivity contribution in [3.63, 3.8) is 0 Å². The molecule has 2 aromatic carbocycles. The SMILES string of the molecule is CCn1c(-c2cc(N3CCN4CCOCC4C3)cnc2[C@H](C)OC)c(CC(C)(C)CO)c2cc(-c3cccc(CC(NC(=O)OC(C)(C)C)C(=O)N4CCCC(C(=O)O)N4)c3)ccc21. The third kappa shape index (κ3) is 10.6. The van der Waals surface area contributed by atoms with E-state index in [2.05, 4.69) is 70.1 Å². The number of morpholine rings is 1. The fraction of sp³-hybridized carbons (Fsp3) is 0.551. The van der Waals surface area contributed by atoms with E-state index in [1.807, 2.05) is 37.4 Å². The average Bonchev–Trinajstić information content (AvgIpc) is 3.58. The van der Waals surface area contributed by atoms with Crippen molar-refractivity contribution in [2.75, 3.05) is 64.6 Å². The number of aromatic nitrogens is 2. The van der Waals surface area contributed by atoms with Gasteiger partial charge < -0.3 is 39.2 Å². The number of carboxylic acids is 1. The zero-order valence-electron chi connectivity index (χ0n) is 38.8. The number of aliphatic hydroxyl groups excluding tert-OH is 1. The normalized spacial score (nSPS) is 19.6. The standard InChI is InChI=1S/C49H67N7O8/c1-9-55-42-16-15-34(33-13-10-12-32(22-33)23-41(51-47(61)64-48(3,4)5)45(58)56-17-11-14-40(52-56)46(59)60)24-37(42)39(26-49(6,7)30-57)44(55)38-25-35(27-50-43(38)31(2)62-8)54-19-18-53-20-21-63-29-36(53)28-54/h10,12-13,15-16,22,24-25,27,31,36,40-41,52,57H,9,11,14,17-21,23,26,28-30H2,1-8H3,(H,51,61)(H,59,60)/t31-,36?,40?,41?/m0/s1. The van der Waals surface area contributed by atoms with Gasteiger partial charge in [0, 0.05) is 75.9 Å². The number of carbonyl (C=O) groups excluding carboxylic acids is 2. The maximum atomic E-state index is 14.0. The summed E-state index contributed by atoms with van der Waals surface area (Å²) in [6.45, 7) is 19.8. The van der Waals surface area contributed by atoms with Gasteiger partial charge in [-0.15, -0.1) is 0 Å². The summed E-state index contributed by atoms with van der Waals surface area (Å²) in [5.74, 6) is -1.48. The first-order valence-electron chi connectivity index (χ1n) is 22.7. The zero-order chi connectivity index (χ0) is 45.9. The van der Waals surface area contributed by atoms with Crippen molar-refractivity contribution in [2.24, 2.45) is 5.41 Å². The van der Waals surface area contributed by atoms with Crippen molar-refractivity contribution in [1.29, 1.82) is 0 Å². The van der Waals surface area contributed by atoms with Crippen molar-refractivity contribution < 1.29 is 38.8 Å². The largest absolute Gasteiger partial charge is 0.480 e. The van der Waals surface area contributed by atoms with Crippen LogP contribution < -0.4 is 15.6 Å².